The fourth-order valence-electron chi connectivity index (χ4n) is 2.71. The maximum atomic E-state index is 12.5. The van der Waals surface area contributed by atoms with Gasteiger partial charge in [0.25, 0.3) is 5.91 Å². The number of rotatable bonds is 4. The number of pyridine rings is 1. The van der Waals surface area contributed by atoms with Gasteiger partial charge in [-0.15, -0.1) is 0 Å². The molecule has 0 aliphatic carbocycles. The smallest absolute Gasteiger partial charge is 0.323 e. The zero-order valence-electron chi connectivity index (χ0n) is 13.2. The number of carbonyl (C=O) groups excluding carboxylic acids is 1. The third-order valence-electron chi connectivity index (χ3n) is 3.95. The number of H-pyrrole nitrogens is 2. The SMILES string of the molecule is O=C(Nc1ccc2[nH]c(=O)[nH]c2c1)c1ccnc(OC2CCSC2)c1. The lowest BCUT2D eigenvalue weighted by Crippen LogP contribution is -2.17. The molecule has 0 saturated carbocycles. The maximum absolute atomic E-state index is 12.5. The normalized spacial score (nSPS) is 16.9. The van der Waals surface area contributed by atoms with E-state index in [1.807, 2.05) is 11.8 Å². The Labute approximate surface area is 147 Å². The molecule has 7 nitrogen and oxygen atoms in total. The van der Waals surface area contributed by atoms with Crippen molar-refractivity contribution in [2.45, 2.75) is 12.5 Å². The first kappa shape index (κ1) is 15.8. The van der Waals surface area contributed by atoms with Crippen LogP contribution < -0.4 is 15.7 Å². The van der Waals surface area contributed by atoms with Gasteiger partial charge in [-0.2, -0.15) is 11.8 Å². The molecule has 1 aliphatic rings. The number of ether oxygens (including phenoxy) is 1. The van der Waals surface area contributed by atoms with Crippen molar-refractivity contribution in [1.82, 2.24) is 15.0 Å². The zero-order valence-corrected chi connectivity index (χ0v) is 14.1. The molecule has 1 fully saturated rings. The molecule has 1 unspecified atom stereocenters. The average molecular weight is 356 g/mol. The van der Waals surface area contributed by atoms with E-state index >= 15 is 0 Å². The standard InChI is InChI=1S/C17H16N4O3S/c22-16(19-11-1-2-13-14(8-11)21-17(23)20-13)10-3-5-18-15(7-10)24-12-4-6-25-9-12/h1-3,5,7-8,12H,4,6,9H2,(H,19,22)(H2,20,21,23). The van der Waals surface area contributed by atoms with Gasteiger partial charge in [-0.05, 0) is 36.4 Å². The molecular weight excluding hydrogens is 340 g/mol. The molecule has 128 valence electrons. The number of thioether (sulfide) groups is 1. The highest BCUT2D eigenvalue weighted by Gasteiger charge is 2.18. The summed E-state index contributed by atoms with van der Waals surface area (Å²) in [5.41, 5.74) is 2.12. The van der Waals surface area contributed by atoms with Crippen LogP contribution in [0.2, 0.25) is 0 Å². The molecule has 3 heterocycles. The lowest BCUT2D eigenvalue weighted by Gasteiger charge is -2.12. The summed E-state index contributed by atoms with van der Waals surface area (Å²) in [4.78, 5) is 33.3. The van der Waals surface area contributed by atoms with Gasteiger partial charge in [0.15, 0.2) is 0 Å². The Kier molecular flexibility index (Phi) is 4.19. The second kappa shape index (κ2) is 6.64. The number of aromatic amines is 2. The average Bonchev–Trinajstić information content (AvgIpc) is 3.23. The fraction of sp³-hybridized carbons (Fsp3) is 0.235. The van der Waals surface area contributed by atoms with E-state index < -0.39 is 0 Å². The van der Waals surface area contributed by atoms with Gasteiger partial charge in [0.2, 0.25) is 5.88 Å². The number of amides is 1. The number of aromatic nitrogens is 3. The van der Waals surface area contributed by atoms with E-state index in [0.717, 1.165) is 17.9 Å². The predicted octanol–water partition coefficient (Wildman–Crippen LogP) is 2.39. The lowest BCUT2D eigenvalue weighted by molar-refractivity contribution is 0.102. The van der Waals surface area contributed by atoms with Gasteiger partial charge in [0, 0.05) is 29.3 Å². The first-order chi connectivity index (χ1) is 12.2. The largest absolute Gasteiger partial charge is 0.473 e. The quantitative estimate of drug-likeness (QED) is 0.666. The number of imidazole rings is 1. The van der Waals surface area contributed by atoms with Crippen molar-refractivity contribution in [2.24, 2.45) is 0 Å². The van der Waals surface area contributed by atoms with Gasteiger partial charge in [-0.3, -0.25) is 4.79 Å². The summed E-state index contributed by atoms with van der Waals surface area (Å²) in [5.74, 6) is 2.25. The summed E-state index contributed by atoms with van der Waals surface area (Å²) >= 11 is 1.86. The number of hydrogen-bond acceptors (Lipinski definition) is 5. The molecule has 0 radical (unpaired) electrons. The highest BCUT2D eigenvalue weighted by molar-refractivity contribution is 7.99. The number of benzene rings is 1. The zero-order chi connectivity index (χ0) is 17.2. The maximum Gasteiger partial charge on any atom is 0.323 e. The summed E-state index contributed by atoms with van der Waals surface area (Å²) in [6.45, 7) is 0. The van der Waals surface area contributed by atoms with E-state index in [0.29, 0.717) is 28.2 Å². The number of anilines is 1. The van der Waals surface area contributed by atoms with Gasteiger partial charge in [-0.25, -0.2) is 9.78 Å². The number of nitrogens with one attached hydrogen (secondary N) is 3. The van der Waals surface area contributed by atoms with E-state index in [2.05, 4.69) is 20.3 Å². The molecule has 2 aromatic heterocycles. The third kappa shape index (κ3) is 3.53. The summed E-state index contributed by atoms with van der Waals surface area (Å²) < 4.78 is 5.82. The number of carbonyl (C=O) groups is 1. The molecule has 1 atom stereocenters. The van der Waals surface area contributed by atoms with Gasteiger partial charge in [0.05, 0.1) is 11.0 Å². The molecule has 3 aromatic rings. The molecule has 1 amide bonds. The molecular formula is C17H16N4O3S. The summed E-state index contributed by atoms with van der Waals surface area (Å²) in [6, 6.07) is 8.47. The van der Waals surface area contributed by atoms with E-state index in [1.54, 1.807) is 36.5 Å². The van der Waals surface area contributed by atoms with Crippen LogP contribution in [0.1, 0.15) is 16.8 Å². The molecule has 0 bridgehead atoms. The highest BCUT2D eigenvalue weighted by Crippen LogP contribution is 2.23. The Morgan fingerprint density at radius 2 is 2.12 bits per heavy atom. The number of fused-ring (bicyclic) bond motifs is 1. The Bertz CT molecular complexity index is 975. The second-order valence-corrected chi connectivity index (χ2v) is 6.93. The van der Waals surface area contributed by atoms with Crippen LogP contribution in [0, 0.1) is 0 Å². The van der Waals surface area contributed by atoms with Crippen molar-refractivity contribution in [1.29, 1.82) is 0 Å². The molecule has 0 spiro atoms. The Balaban J connectivity index is 1.50. The summed E-state index contributed by atoms with van der Waals surface area (Å²) in [7, 11) is 0. The van der Waals surface area contributed by atoms with E-state index in [-0.39, 0.29) is 17.7 Å². The van der Waals surface area contributed by atoms with Crippen molar-refractivity contribution >= 4 is 34.4 Å². The molecule has 25 heavy (non-hydrogen) atoms. The Morgan fingerprint density at radius 1 is 1.24 bits per heavy atom. The predicted molar refractivity (Wildman–Crippen MR) is 97.5 cm³/mol. The first-order valence-electron chi connectivity index (χ1n) is 7.91. The van der Waals surface area contributed by atoms with Gasteiger partial charge < -0.3 is 20.0 Å². The van der Waals surface area contributed by atoms with Crippen molar-refractivity contribution < 1.29 is 9.53 Å². The molecule has 4 rings (SSSR count). The van der Waals surface area contributed by atoms with Gasteiger partial charge in [0.1, 0.15) is 6.10 Å². The van der Waals surface area contributed by atoms with E-state index in [9.17, 15) is 9.59 Å². The first-order valence-corrected chi connectivity index (χ1v) is 9.07. The van der Waals surface area contributed by atoms with Crippen LogP contribution in [-0.2, 0) is 0 Å². The van der Waals surface area contributed by atoms with Gasteiger partial charge in [-0.1, -0.05) is 0 Å². The third-order valence-corrected chi connectivity index (χ3v) is 5.08. The van der Waals surface area contributed by atoms with Crippen LogP contribution in [0.25, 0.3) is 11.0 Å². The van der Waals surface area contributed by atoms with Gasteiger partial charge >= 0.3 is 5.69 Å². The van der Waals surface area contributed by atoms with Crippen LogP contribution in [-0.4, -0.2) is 38.5 Å². The van der Waals surface area contributed by atoms with Crippen molar-refractivity contribution in [3.8, 4) is 5.88 Å². The topological polar surface area (TPSA) is 99.9 Å². The Hall–Kier alpha value is -2.74. The van der Waals surface area contributed by atoms with Crippen LogP contribution in [0.4, 0.5) is 5.69 Å². The lowest BCUT2D eigenvalue weighted by atomic mass is 10.2. The molecule has 3 N–H and O–H groups in total. The molecule has 1 saturated heterocycles. The summed E-state index contributed by atoms with van der Waals surface area (Å²) in [6.07, 6.45) is 2.72. The van der Waals surface area contributed by atoms with E-state index in [1.165, 1.54) is 0 Å². The van der Waals surface area contributed by atoms with Crippen LogP contribution in [0.5, 0.6) is 5.88 Å². The minimum Gasteiger partial charge on any atom is -0.473 e. The molecule has 8 heteroatoms. The summed E-state index contributed by atoms with van der Waals surface area (Å²) in [5, 5.41) is 2.82. The number of hydrogen-bond donors (Lipinski definition) is 3. The molecule has 1 aromatic carbocycles. The van der Waals surface area contributed by atoms with Crippen molar-refractivity contribution in [3.05, 3.63) is 52.6 Å². The van der Waals surface area contributed by atoms with Crippen LogP contribution >= 0.6 is 11.8 Å². The monoisotopic (exact) mass is 356 g/mol. The van der Waals surface area contributed by atoms with Crippen molar-refractivity contribution in [2.75, 3.05) is 16.8 Å². The van der Waals surface area contributed by atoms with E-state index in [4.69, 9.17) is 4.74 Å². The highest BCUT2D eigenvalue weighted by atomic mass is 32.2. The minimum atomic E-state index is -0.278. The second-order valence-electron chi connectivity index (χ2n) is 5.78. The Morgan fingerprint density at radius 3 is 2.96 bits per heavy atom. The van der Waals surface area contributed by atoms with Crippen molar-refractivity contribution in [3.63, 3.8) is 0 Å². The number of nitrogens with zero attached hydrogens (tertiary/aromatic N) is 1. The minimum absolute atomic E-state index is 0.156. The van der Waals surface area contributed by atoms with Crippen LogP contribution in [0.15, 0.2) is 41.3 Å². The fourth-order valence-corrected chi connectivity index (χ4v) is 3.80. The van der Waals surface area contributed by atoms with Crippen LogP contribution in [0.3, 0.4) is 0 Å². The molecule has 1 aliphatic heterocycles.